The predicted molar refractivity (Wildman–Crippen MR) is 139 cm³/mol. The van der Waals surface area contributed by atoms with Crippen molar-refractivity contribution in [3.63, 3.8) is 0 Å². The van der Waals surface area contributed by atoms with E-state index < -0.39 is 0 Å². The monoisotopic (exact) mass is 481 g/mol. The fourth-order valence-corrected chi connectivity index (χ4v) is 5.81. The molecule has 1 N–H and O–H groups in total. The molecule has 1 saturated carbocycles. The number of likely N-dealkylation sites (tertiary alicyclic amines) is 1. The third kappa shape index (κ3) is 4.47. The molecule has 7 nitrogen and oxygen atoms in total. The van der Waals surface area contributed by atoms with Gasteiger partial charge in [-0.2, -0.15) is 0 Å². The summed E-state index contributed by atoms with van der Waals surface area (Å²) in [6.07, 6.45) is 9.66. The molecule has 1 aliphatic carbocycles. The number of fused-ring (bicyclic) bond motifs is 1. The van der Waals surface area contributed by atoms with Crippen molar-refractivity contribution in [2.75, 3.05) is 38.7 Å². The molecule has 5 heterocycles. The van der Waals surface area contributed by atoms with E-state index in [0.29, 0.717) is 11.7 Å². The molecule has 184 valence electrons. The van der Waals surface area contributed by atoms with Gasteiger partial charge in [0.1, 0.15) is 11.5 Å². The largest absolute Gasteiger partial charge is 0.381 e. The first-order valence-corrected chi connectivity index (χ1v) is 12.8. The average molecular weight is 482 g/mol. The minimum atomic E-state index is 0.0735. The van der Waals surface area contributed by atoms with Gasteiger partial charge in [0, 0.05) is 60.7 Å². The maximum Gasteiger partial charge on any atom is 0.229 e. The second-order valence-electron chi connectivity index (χ2n) is 10.6. The smallest absolute Gasteiger partial charge is 0.229 e. The van der Waals surface area contributed by atoms with E-state index in [9.17, 15) is 4.79 Å². The van der Waals surface area contributed by atoms with E-state index in [2.05, 4.69) is 50.1 Å². The minimum absolute atomic E-state index is 0.0735. The zero-order chi connectivity index (χ0) is 24.7. The van der Waals surface area contributed by atoms with Crippen molar-refractivity contribution in [3.8, 4) is 11.8 Å². The number of pyridine rings is 3. The average Bonchev–Trinajstić information content (AvgIpc) is 3.49. The summed E-state index contributed by atoms with van der Waals surface area (Å²) in [5.41, 5.74) is 3.82. The number of anilines is 1. The fraction of sp³-hybridized carbons (Fsp3) is 0.448. The third-order valence-corrected chi connectivity index (χ3v) is 8.11. The standard InChI is InChI=1S/C29H31N5O2/c1-19-25-17-32-27(33-28(35)26-14-29(26)9-10-34(2)18-29)13-24(25)22(16-30-19)4-6-23-5-3-21(15-31-23)20-7-11-36-12-8-20/h3,5,13,15-17,20,26H,7-12,14,18H2,1-2H3,(H,32,33,35). The van der Waals surface area contributed by atoms with Gasteiger partial charge in [0.15, 0.2) is 0 Å². The van der Waals surface area contributed by atoms with Crippen molar-refractivity contribution in [1.29, 1.82) is 0 Å². The number of carbonyl (C=O) groups excluding carboxylic acids is 1. The Kier molecular flexibility index (Phi) is 5.94. The SMILES string of the molecule is Cc1ncc(C#Cc2ccc(C3CCOCC3)cn2)c2cc(NC(=O)C3CC34CCN(C)C4)ncc12. The molecule has 3 aliphatic rings. The molecule has 3 fully saturated rings. The second-order valence-corrected chi connectivity index (χ2v) is 10.6. The van der Waals surface area contributed by atoms with Crippen LogP contribution < -0.4 is 5.32 Å². The minimum Gasteiger partial charge on any atom is -0.381 e. The number of hydrogen-bond donors (Lipinski definition) is 1. The molecule has 1 amide bonds. The maximum atomic E-state index is 13.0. The Hall–Kier alpha value is -3.34. The molecular weight excluding hydrogens is 450 g/mol. The lowest BCUT2D eigenvalue weighted by Gasteiger charge is -2.21. The Morgan fingerprint density at radius 1 is 1.11 bits per heavy atom. The summed E-state index contributed by atoms with van der Waals surface area (Å²) in [5, 5.41) is 4.93. The first kappa shape index (κ1) is 23.1. The van der Waals surface area contributed by atoms with Crippen LogP contribution in [0.2, 0.25) is 0 Å². The quantitative estimate of drug-likeness (QED) is 0.572. The van der Waals surface area contributed by atoms with Crippen LogP contribution in [0, 0.1) is 30.1 Å². The summed E-state index contributed by atoms with van der Waals surface area (Å²) >= 11 is 0. The van der Waals surface area contributed by atoms with Crippen LogP contribution in [0.4, 0.5) is 5.82 Å². The topological polar surface area (TPSA) is 80.2 Å². The van der Waals surface area contributed by atoms with Gasteiger partial charge in [-0.05, 0) is 81.1 Å². The van der Waals surface area contributed by atoms with Crippen LogP contribution in [0.15, 0.2) is 36.8 Å². The number of amides is 1. The zero-order valence-electron chi connectivity index (χ0n) is 20.9. The van der Waals surface area contributed by atoms with Crippen LogP contribution in [0.1, 0.15) is 54.1 Å². The Morgan fingerprint density at radius 2 is 1.97 bits per heavy atom. The molecule has 3 aromatic heterocycles. The van der Waals surface area contributed by atoms with Gasteiger partial charge in [0.2, 0.25) is 5.91 Å². The van der Waals surface area contributed by atoms with Gasteiger partial charge in [-0.1, -0.05) is 12.0 Å². The van der Waals surface area contributed by atoms with E-state index >= 15 is 0 Å². The van der Waals surface area contributed by atoms with Crippen LogP contribution in [-0.4, -0.2) is 59.1 Å². The van der Waals surface area contributed by atoms with Gasteiger partial charge in [0.25, 0.3) is 0 Å². The normalized spacial score (nSPS) is 24.0. The predicted octanol–water partition coefficient (Wildman–Crippen LogP) is 3.91. The molecule has 2 aliphatic heterocycles. The van der Waals surface area contributed by atoms with E-state index in [4.69, 9.17) is 4.74 Å². The molecule has 1 spiro atoms. The molecule has 6 rings (SSSR count). The maximum absolute atomic E-state index is 13.0. The fourth-order valence-electron chi connectivity index (χ4n) is 5.81. The van der Waals surface area contributed by atoms with Crippen LogP contribution in [0.3, 0.4) is 0 Å². The van der Waals surface area contributed by atoms with E-state index in [1.54, 1.807) is 12.4 Å². The van der Waals surface area contributed by atoms with Crippen LogP contribution in [0.25, 0.3) is 10.8 Å². The molecule has 7 heteroatoms. The lowest BCUT2D eigenvalue weighted by molar-refractivity contribution is -0.118. The highest BCUT2D eigenvalue weighted by Gasteiger charge is 2.60. The number of carbonyl (C=O) groups is 1. The first-order chi connectivity index (χ1) is 17.5. The van der Waals surface area contributed by atoms with Gasteiger partial charge >= 0.3 is 0 Å². The summed E-state index contributed by atoms with van der Waals surface area (Å²) in [6, 6.07) is 6.03. The molecule has 2 unspecified atom stereocenters. The van der Waals surface area contributed by atoms with Gasteiger partial charge < -0.3 is 15.0 Å². The summed E-state index contributed by atoms with van der Waals surface area (Å²) in [6.45, 7) is 5.66. The summed E-state index contributed by atoms with van der Waals surface area (Å²) in [7, 11) is 2.13. The molecule has 36 heavy (non-hydrogen) atoms. The Labute approximate surface area is 211 Å². The van der Waals surface area contributed by atoms with Gasteiger partial charge in [-0.3, -0.25) is 9.78 Å². The summed E-state index contributed by atoms with van der Waals surface area (Å²) in [4.78, 5) is 28.9. The van der Waals surface area contributed by atoms with Crippen LogP contribution in [0.5, 0.6) is 0 Å². The lowest BCUT2D eigenvalue weighted by Crippen LogP contribution is -2.21. The van der Waals surface area contributed by atoms with E-state index in [1.165, 1.54) is 5.56 Å². The molecule has 0 radical (unpaired) electrons. The number of ether oxygens (including phenoxy) is 1. The number of hydrogen-bond acceptors (Lipinski definition) is 6. The van der Waals surface area contributed by atoms with Crippen molar-refractivity contribution >= 4 is 22.5 Å². The van der Waals surface area contributed by atoms with Gasteiger partial charge in [-0.25, -0.2) is 9.97 Å². The van der Waals surface area contributed by atoms with E-state index in [1.807, 2.05) is 25.3 Å². The highest BCUT2D eigenvalue weighted by Crippen LogP contribution is 2.58. The molecule has 2 atom stereocenters. The summed E-state index contributed by atoms with van der Waals surface area (Å²) < 4.78 is 5.47. The van der Waals surface area contributed by atoms with Crippen molar-refractivity contribution in [2.45, 2.75) is 38.5 Å². The zero-order valence-corrected chi connectivity index (χ0v) is 20.9. The number of nitrogens with zero attached hydrogens (tertiary/aromatic N) is 4. The summed E-state index contributed by atoms with van der Waals surface area (Å²) in [5.74, 6) is 7.67. The highest BCUT2D eigenvalue weighted by molar-refractivity contribution is 5.97. The van der Waals surface area contributed by atoms with Crippen LogP contribution >= 0.6 is 0 Å². The third-order valence-electron chi connectivity index (χ3n) is 8.11. The van der Waals surface area contributed by atoms with Crippen molar-refractivity contribution in [3.05, 3.63) is 59.3 Å². The number of nitrogens with one attached hydrogen (secondary N) is 1. The Morgan fingerprint density at radius 3 is 2.72 bits per heavy atom. The highest BCUT2D eigenvalue weighted by atomic mass is 16.5. The lowest BCUT2D eigenvalue weighted by atomic mass is 9.93. The van der Waals surface area contributed by atoms with Crippen molar-refractivity contribution < 1.29 is 9.53 Å². The first-order valence-electron chi connectivity index (χ1n) is 12.8. The molecule has 0 aromatic carbocycles. The number of aryl methyl sites for hydroxylation is 1. The molecule has 2 saturated heterocycles. The Balaban J connectivity index is 1.22. The van der Waals surface area contributed by atoms with Crippen molar-refractivity contribution in [1.82, 2.24) is 19.9 Å². The Bertz CT molecular complexity index is 1370. The van der Waals surface area contributed by atoms with Gasteiger partial charge in [-0.15, -0.1) is 0 Å². The van der Waals surface area contributed by atoms with E-state index in [0.717, 1.165) is 79.7 Å². The second kappa shape index (κ2) is 9.27. The van der Waals surface area contributed by atoms with Gasteiger partial charge in [0.05, 0.1) is 5.56 Å². The molecule has 3 aromatic rings. The van der Waals surface area contributed by atoms with E-state index in [-0.39, 0.29) is 17.2 Å². The molecule has 0 bridgehead atoms. The number of rotatable bonds is 3. The molecular formula is C29H31N5O2. The van der Waals surface area contributed by atoms with Crippen LogP contribution in [-0.2, 0) is 9.53 Å². The van der Waals surface area contributed by atoms with Crippen molar-refractivity contribution in [2.24, 2.45) is 11.3 Å². The number of aromatic nitrogens is 3.